The summed E-state index contributed by atoms with van der Waals surface area (Å²) >= 11 is 1.15. The maximum absolute atomic E-state index is 14.2. The van der Waals surface area contributed by atoms with Crippen LogP contribution in [0.2, 0.25) is 0 Å². The lowest BCUT2D eigenvalue weighted by molar-refractivity contribution is -0.148. The van der Waals surface area contributed by atoms with Gasteiger partial charge in [0.2, 0.25) is 0 Å². The molecule has 1 fully saturated rings. The molecule has 2 aromatic rings. The second-order valence-corrected chi connectivity index (χ2v) is 10.4. The number of amides is 1. The number of benzene rings is 1. The average molecular weight is 506 g/mol. The molecular formula is C27H33F2NO4S. The van der Waals surface area contributed by atoms with Crippen LogP contribution in [-0.4, -0.2) is 51.6 Å². The maximum atomic E-state index is 14.2. The number of halogens is 2. The Balaban J connectivity index is 1.48. The number of thiophene rings is 1. The molecule has 190 valence electrons. The lowest BCUT2D eigenvalue weighted by Gasteiger charge is -2.22. The van der Waals surface area contributed by atoms with Gasteiger partial charge >= 0.3 is 11.9 Å². The summed E-state index contributed by atoms with van der Waals surface area (Å²) in [5.74, 6) is -5.62. The molecule has 3 atom stereocenters. The Bertz CT molecular complexity index is 1010. The first-order valence-electron chi connectivity index (χ1n) is 12.1. The number of carbonyl (C=O) groups is 2. The predicted molar refractivity (Wildman–Crippen MR) is 133 cm³/mol. The molecule has 2 heterocycles. The Morgan fingerprint density at radius 2 is 1.91 bits per heavy atom. The van der Waals surface area contributed by atoms with E-state index in [0.717, 1.165) is 41.9 Å². The van der Waals surface area contributed by atoms with Crippen LogP contribution >= 0.6 is 11.3 Å². The molecule has 1 aliphatic heterocycles. The molecule has 0 bridgehead atoms. The number of nitrogens with zero attached hydrogens (tertiary/aromatic N) is 1. The number of alkyl halides is 2. The smallest absolute Gasteiger partial charge is 0.345 e. The van der Waals surface area contributed by atoms with Gasteiger partial charge in [-0.15, -0.1) is 11.3 Å². The number of hydrogen-bond donors (Lipinski definition) is 2. The lowest BCUT2D eigenvalue weighted by Crippen LogP contribution is -2.36. The van der Waals surface area contributed by atoms with E-state index in [2.05, 4.69) is 12.1 Å². The molecule has 0 radical (unpaired) electrons. The summed E-state index contributed by atoms with van der Waals surface area (Å²) in [6.45, 7) is 2.09. The molecule has 5 nitrogen and oxygen atoms in total. The number of likely N-dealkylation sites (tertiary alicyclic amines) is 1. The van der Waals surface area contributed by atoms with E-state index >= 15 is 0 Å². The molecule has 0 aliphatic carbocycles. The van der Waals surface area contributed by atoms with E-state index in [4.69, 9.17) is 5.11 Å². The highest BCUT2D eigenvalue weighted by atomic mass is 32.1. The normalized spacial score (nSPS) is 19.4. The highest BCUT2D eigenvalue weighted by molar-refractivity contribution is 7.13. The maximum Gasteiger partial charge on any atom is 0.345 e. The van der Waals surface area contributed by atoms with Gasteiger partial charge in [0.15, 0.2) is 0 Å². The van der Waals surface area contributed by atoms with Gasteiger partial charge in [-0.05, 0) is 55.7 Å². The first-order valence-corrected chi connectivity index (χ1v) is 12.9. The van der Waals surface area contributed by atoms with Crippen molar-refractivity contribution in [3.8, 4) is 0 Å². The van der Waals surface area contributed by atoms with Gasteiger partial charge in [-0.3, -0.25) is 4.79 Å². The average Bonchev–Trinajstić information content (AvgIpc) is 3.39. The lowest BCUT2D eigenvalue weighted by atomic mass is 9.95. The van der Waals surface area contributed by atoms with Crippen LogP contribution in [0.3, 0.4) is 0 Å². The van der Waals surface area contributed by atoms with Crippen LogP contribution in [0, 0.1) is 5.92 Å². The second kappa shape index (κ2) is 12.4. The fourth-order valence-electron chi connectivity index (χ4n) is 4.35. The zero-order valence-corrected chi connectivity index (χ0v) is 20.7. The van der Waals surface area contributed by atoms with Crippen LogP contribution in [-0.2, 0) is 17.6 Å². The molecule has 1 aliphatic rings. The molecule has 3 rings (SSSR count). The fraction of sp³-hybridized carbons (Fsp3) is 0.481. The van der Waals surface area contributed by atoms with Crippen LogP contribution in [0.15, 0.2) is 54.6 Å². The minimum Gasteiger partial charge on any atom is -0.477 e. The summed E-state index contributed by atoms with van der Waals surface area (Å²) in [6.07, 6.45) is 6.46. The molecule has 8 heteroatoms. The molecule has 1 amide bonds. The van der Waals surface area contributed by atoms with E-state index in [-0.39, 0.29) is 17.3 Å². The molecule has 35 heavy (non-hydrogen) atoms. The summed E-state index contributed by atoms with van der Waals surface area (Å²) < 4.78 is 28.3. The molecule has 1 aromatic heterocycles. The van der Waals surface area contributed by atoms with E-state index in [1.807, 2.05) is 25.1 Å². The molecule has 0 saturated carbocycles. The van der Waals surface area contributed by atoms with Crippen molar-refractivity contribution in [3.63, 3.8) is 0 Å². The van der Waals surface area contributed by atoms with Crippen molar-refractivity contribution in [3.05, 3.63) is 69.9 Å². The molecule has 0 unspecified atom stereocenters. The third kappa shape index (κ3) is 7.70. The summed E-state index contributed by atoms with van der Waals surface area (Å²) in [6, 6.07) is 12.7. The van der Waals surface area contributed by atoms with Gasteiger partial charge in [0.05, 0.1) is 12.1 Å². The SMILES string of the molecule is C[C@H](CCCCc1ccccc1)[C@H](O)/C=C/[C@H]1CC(F)(F)C(=O)N1CCCc1ccc(C(=O)O)s1. The Morgan fingerprint density at radius 1 is 1.17 bits per heavy atom. The van der Waals surface area contributed by atoms with E-state index < -0.39 is 36.4 Å². The predicted octanol–water partition coefficient (Wildman–Crippen LogP) is 5.58. The van der Waals surface area contributed by atoms with Crippen LogP contribution < -0.4 is 0 Å². The van der Waals surface area contributed by atoms with Crippen molar-refractivity contribution >= 4 is 23.2 Å². The molecular weight excluding hydrogens is 472 g/mol. The van der Waals surface area contributed by atoms with Crippen molar-refractivity contribution in [2.24, 2.45) is 5.92 Å². The number of aliphatic hydroxyl groups is 1. The van der Waals surface area contributed by atoms with Gasteiger partial charge in [0, 0.05) is 17.8 Å². The quantitative estimate of drug-likeness (QED) is 0.275. The molecule has 2 N–H and O–H groups in total. The number of carbonyl (C=O) groups excluding carboxylic acids is 1. The Kier molecular flexibility index (Phi) is 9.57. The van der Waals surface area contributed by atoms with E-state index in [1.165, 1.54) is 22.6 Å². The number of hydrogen-bond acceptors (Lipinski definition) is 4. The van der Waals surface area contributed by atoms with E-state index in [0.29, 0.717) is 12.8 Å². The van der Waals surface area contributed by atoms with Crippen molar-refractivity contribution < 1.29 is 28.6 Å². The van der Waals surface area contributed by atoms with Crippen LogP contribution in [0.5, 0.6) is 0 Å². The van der Waals surface area contributed by atoms with Crippen molar-refractivity contribution in [1.29, 1.82) is 0 Å². The monoisotopic (exact) mass is 505 g/mol. The number of aliphatic hydroxyl groups excluding tert-OH is 1. The van der Waals surface area contributed by atoms with Crippen LogP contribution in [0.25, 0.3) is 0 Å². The minimum atomic E-state index is -3.41. The van der Waals surface area contributed by atoms with Gasteiger partial charge in [-0.2, -0.15) is 8.78 Å². The zero-order valence-electron chi connectivity index (χ0n) is 19.9. The Hall–Kier alpha value is -2.58. The second-order valence-electron chi connectivity index (χ2n) is 9.23. The van der Waals surface area contributed by atoms with Gasteiger partial charge < -0.3 is 15.1 Å². The molecule has 1 saturated heterocycles. The number of carboxylic acids is 1. The highest BCUT2D eigenvalue weighted by Crippen LogP contribution is 2.34. The van der Waals surface area contributed by atoms with Crippen molar-refractivity contribution in [1.82, 2.24) is 4.90 Å². The van der Waals surface area contributed by atoms with Crippen LogP contribution in [0.4, 0.5) is 8.78 Å². The number of aryl methyl sites for hydroxylation is 2. The largest absolute Gasteiger partial charge is 0.477 e. The fourth-order valence-corrected chi connectivity index (χ4v) is 5.24. The van der Waals surface area contributed by atoms with E-state index in [9.17, 15) is 23.5 Å². The summed E-state index contributed by atoms with van der Waals surface area (Å²) in [5.41, 5.74) is 1.29. The summed E-state index contributed by atoms with van der Waals surface area (Å²) in [4.78, 5) is 25.5. The van der Waals surface area contributed by atoms with Gasteiger partial charge in [0.1, 0.15) is 4.88 Å². The Morgan fingerprint density at radius 3 is 2.60 bits per heavy atom. The number of carboxylic acid groups (broad SMARTS) is 1. The topological polar surface area (TPSA) is 77.8 Å². The summed E-state index contributed by atoms with van der Waals surface area (Å²) in [5, 5.41) is 19.5. The molecule has 1 aromatic carbocycles. The minimum absolute atomic E-state index is 0.0182. The highest BCUT2D eigenvalue weighted by Gasteiger charge is 2.52. The summed E-state index contributed by atoms with van der Waals surface area (Å²) in [7, 11) is 0. The third-order valence-corrected chi connectivity index (χ3v) is 7.60. The number of rotatable bonds is 13. The standard InChI is InChI=1S/C27H33F2NO4S/c1-19(8-5-6-11-20-9-3-2-4-10-20)23(31)15-13-21-18-27(28,29)26(34)30(21)17-7-12-22-14-16-24(35-22)25(32)33/h2-4,9-10,13-16,19,21,23,31H,5-8,11-12,17-18H2,1H3,(H,32,33)/b15-13+/t19-,21+,23-/m1/s1. The van der Waals surface area contributed by atoms with Gasteiger partial charge in [-0.25, -0.2) is 4.79 Å². The van der Waals surface area contributed by atoms with Gasteiger partial charge in [-0.1, -0.05) is 55.8 Å². The van der Waals surface area contributed by atoms with Crippen molar-refractivity contribution in [2.75, 3.05) is 6.54 Å². The Labute approximate surface area is 209 Å². The van der Waals surface area contributed by atoms with E-state index in [1.54, 1.807) is 12.1 Å². The first kappa shape index (κ1) is 27.0. The number of unbranched alkanes of at least 4 members (excludes halogenated alkanes) is 1. The van der Waals surface area contributed by atoms with Gasteiger partial charge in [0.25, 0.3) is 5.91 Å². The molecule has 0 spiro atoms. The number of aromatic carboxylic acids is 1. The zero-order chi connectivity index (χ0) is 25.4. The third-order valence-electron chi connectivity index (χ3n) is 6.47. The van der Waals surface area contributed by atoms with Crippen LogP contribution in [0.1, 0.15) is 59.1 Å². The van der Waals surface area contributed by atoms with Crippen molar-refractivity contribution in [2.45, 2.75) is 69.9 Å². The first-order chi connectivity index (χ1) is 16.7.